The van der Waals surface area contributed by atoms with Crippen LogP contribution < -0.4 is 0 Å². The third kappa shape index (κ3) is 3.63. The fourth-order valence-electron chi connectivity index (χ4n) is 2.05. The van der Waals surface area contributed by atoms with E-state index in [9.17, 15) is 8.78 Å². The maximum Gasteiger partial charge on any atom is 0.129 e. The van der Waals surface area contributed by atoms with Crippen molar-refractivity contribution >= 4 is 15.9 Å². The lowest BCUT2D eigenvalue weighted by Gasteiger charge is -2.15. The molecule has 2 aromatic carbocycles. The van der Waals surface area contributed by atoms with Crippen molar-refractivity contribution in [3.05, 3.63) is 70.8 Å². The molecule has 0 spiro atoms. The largest absolute Gasteiger partial charge is 0.207 e. The Morgan fingerprint density at radius 1 is 1.05 bits per heavy atom. The highest BCUT2D eigenvalue weighted by molar-refractivity contribution is 9.09. The van der Waals surface area contributed by atoms with Gasteiger partial charge in [-0.1, -0.05) is 51.8 Å². The Morgan fingerprint density at radius 3 is 2.32 bits per heavy atom. The van der Waals surface area contributed by atoms with Crippen LogP contribution in [0.4, 0.5) is 8.78 Å². The first-order valence-electron chi connectivity index (χ1n) is 6.16. The molecule has 3 heteroatoms. The summed E-state index contributed by atoms with van der Waals surface area (Å²) in [6.45, 7) is 2.03. The third-order valence-electron chi connectivity index (χ3n) is 3.22. The van der Waals surface area contributed by atoms with Crippen molar-refractivity contribution in [2.75, 3.05) is 5.33 Å². The van der Waals surface area contributed by atoms with Gasteiger partial charge in [0.25, 0.3) is 0 Å². The van der Waals surface area contributed by atoms with Gasteiger partial charge in [-0.25, -0.2) is 8.78 Å². The second kappa shape index (κ2) is 6.29. The summed E-state index contributed by atoms with van der Waals surface area (Å²) in [4.78, 5) is 0. The molecule has 0 nitrogen and oxygen atoms in total. The number of alkyl halides is 1. The van der Waals surface area contributed by atoms with E-state index >= 15 is 0 Å². The lowest BCUT2D eigenvalue weighted by atomic mass is 9.93. The predicted molar refractivity (Wildman–Crippen MR) is 77.8 cm³/mol. The van der Waals surface area contributed by atoms with Crippen LogP contribution in [0.2, 0.25) is 0 Å². The SMILES string of the molecule is Cc1ccc(C(CBr)Cc2ccc(F)cc2F)cc1. The monoisotopic (exact) mass is 324 g/mol. The minimum atomic E-state index is -0.535. The zero-order valence-electron chi connectivity index (χ0n) is 10.7. The van der Waals surface area contributed by atoms with Crippen molar-refractivity contribution in [3.8, 4) is 0 Å². The minimum absolute atomic E-state index is 0.181. The molecule has 0 saturated carbocycles. The Kier molecular flexibility index (Phi) is 4.70. The number of rotatable bonds is 4. The van der Waals surface area contributed by atoms with Crippen LogP contribution in [0, 0.1) is 18.6 Å². The molecule has 0 aliphatic rings. The number of benzene rings is 2. The van der Waals surface area contributed by atoms with Gasteiger partial charge in [-0.15, -0.1) is 0 Å². The Morgan fingerprint density at radius 2 is 1.74 bits per heavy atom. The van der Waals surface area contributed by atoms with E-state index in [2.05, 4.69) is 28.1 Å². The molecule has 19 heavy (non-hydrogen) atoms. The van der Waals surface area contributed by atoms with Crippen molar-refractivity contribution < 1.29 is 8.78 Å². The van der Waals surface area contributed by atoms with Gasteiger partial charge in [0.05, 0.1) is 0 Å². The smallest absolute Gasteiger partial charge is 0.129 e. The van der Waals surface area contributed by atoms with E-state index in [1.165, 1.54) is 17.7 Å². The van der Waals surface area contributed by atoms with Crippen molar-refractivity contribution in [2.24, 2.45) is 0 Å². The molecular formula is C16H15BrF2. The number of hydrogen-bond donors (Lipinski definition) is 0. The fourth-order valence-corrected chi connectivity index (χ4v) is 2.66. The topological polar surface area (TPSA) is 0 Å². The van der Waals surface area contributed by atoms with Gasteiger partial charge in [-0.3, -0.25) is 0 Å². The fraction of sp³-hybridized carbons (Fsp3) is 0.250. The summed E-state index contributed by atoms with van der Waals surface area (Å²) in [5.74, 6) is -0.828. The first-order valence-corrected chi connectivity index (χ1v) is 7.28. The normalized spacial score (nSPS) is 12.4. The van der Waals surface area contributed by atoms with Gasteiger partial charge in [-0.05, 0) is 36.5 Å². The Hall–Kier alpha value is -1.22. The highest BCUT2D eigenvalue weighted by Gasteiger charge is 2.14. The molecule has 0 aromatic heterocycles. The average Bonchev–Trinajstić information content (AvgIpc) is 2.39. The standard InChI is InChI=1S/C16H15BrF2/c1-11-2-4-12(5-3-11)14(10-17)8-13-6-7-15(18)9-16(13)19/h2-7,9,14H,8,10H2,1H3. The lowest BCUT2D eigenvalue weighted by molar-refractivity contribution is 0.566. The van der Waals surface area contributed by atoms with Gasteiger partial charge in [0.15, 0.2) is 0 Å². The molecular weight excluding hydrogens is 310 g/mol. The molecule has 0 radical (unpaired) electrons. The van der Waals surface area contributed by atoms with E-state index in [1.54, 1.807) is 0 Å². The van der Waals surface area contributed by atoms with Crippen molar-refractivity contribution in [3.63, 3.8) is 0 Å². The molecule has 0 aliphatic heterocycles. The maximum atomic E-state index is 13.7. The highest BCUT2D eigenvalue weighted by Crippen LogP contribution is 2.25. The Balaban J connectivity index is 2.21. The second-order valence-corrected chi connectivity index (χ2v) is 5.35. The van der Waals surface area contributed by atoms with Gasteiger partial charge in [0.2, 0.25) is 0 Å². The first-order chi connectivity index (χ1) is 9.10. The van der Waals surface area contributed by atoms with E-state index in [0.717, 1.165) is 17.0 Å². The molecule has 0 saturated heterocycles. The van der Waals surface area contributed by atoms with Gasteiger partial charge in [-0.2, -0.15) is 0 Å². The number of hydrogen-bond acceptors (Lipinski definition) is 0. The summed E-state index contributed by atoms with van der Waals surface area (Å²) in [7, 11) is 0. The summed E-state index contributed by atoms with van der Waals surface area (Å²) >= 11 is 3.47. The lowest BCUT2D eigenvalue weighted by Crippen LogP contribution is -2.06. The highest BCUT2D eigenvalue weighted by atomic mass is 79.9. The number of aryl methyl sites for hydroxylation is 1. The molecule has 0 heterocycles. The predicted octanol–water partition coefficient (Wildman–Crippen LogP) is 4.99. The van der Waals surface area contributed by atoms with Crippen molar-refractivity contribution in [1.82, 2.24) is 0 Å². The van der Waals surface area contributed by atoms with Crippen LogP contribution in [0.15, 0.2) is 42.5 Å². The molecule has 2 rings (SSSR count). The quantitative estimate of drug-likeness (QED) is 0.695. The third-order valence-corrected chi connectivity index (χ3v) is 4.00. The van der Waals surface area contributed by atoms with Crippen LogP contribution in [0.1, 0.15) is 22.6 Å². The van der Waals surface area contributed by atoms with Crippen molar-refractivity contribution in [1.29, 1.82) is 0 Å². The van der Waals surface area contributed by atoms with Crippen LogP contribution in [0.5, 0.6) is 0 Å². The van der Waals surface area contributed by atoms with Crippen LogP contribution in [0.25, 0.3) is 0 Å². The summed E-state index contributed by atoms with van der Waals surface area (Å²) in [6.07, 6.45) is 0.556. The van der Waals surface area contributed by atoms with Crippen LogP contribution in [-0.2, 0) is 6.42 Å². The van der Waals surface area contributed by atoms with E-state index in [4.69, 9.17) is 0 Å². The van der Waals surface area contributed by atoms with E-state index < -0.39 is 11.6 Å². The molecule has 0 amide bonds. The second-order valence-electron chi connectivity index (χ2n) is 4.70. The summed E-state index contributed by atoms with van der Waals surface area (Å²) in [5, 5.41) is 0.743. The van der Waals surface area contributed by atoms with Crippen LogP contribution >= 0.6 is 15.9 Å². The molecule has 2 aromatic rings. The molecule has 1 atom stereocenters. The molecule has 0 N–H and O–H groups in total. The van der Waals surface area contributed by atoms with Gasteiger partial charge < -0.3 is 0 Å². The van der Waals surface area contributed by atoms with Crippen molar-refractivity contribution in [2.45, 2.75) is 19.3 Å². The molecule has 100 valence electrons. The summed E-state index contributed by atoms with van der Waals surface area (Å²) in [5.41, 5.74) is 2.91. The van der Waals surface area contributed by atoms with Gasteiger partial charge in [0.1, 0.15) is 11.6 Å². The molecule has 0 fully saturated rings. The summed E-state index contributed by atoms with van der Waals surface area (Å²) < 4.78 is 26.6. The molecule has 0 bridgehead atoms. The summed E-state index contributed by atoms with van der Waals surface area (Å²) in [6, 6.07) is 12.0. The molecule has 0 aliphatic carbocycles. The zero-order chi connectivity index (χ0) is 13.8. The Bertz CT molecular complexity index is 549. The molecule has 1 unspecified atom stereocenters. The van der Waals surface area contributed by atoms with E-state index in [-0.39, 0.29) is 5.92 Å². The number of halogens is 3. The van der Waals surface area contributed by atoms with Crippen LogP contribution in [-0.4, -0.2) is 5.33 Å². The Labute approximate surface area is 120 Å². The van der Waals surface area contributed by atoms with E-state index in [1.807, 2.05) is 19.1 Å². The minimum Gasteiger partial charge on any atom is -0.207 e. The van der Waals surface area contributed by atoms with E-state index in [0.29, 0.717) is 12.0 Å². The zero-order valence-corrected chi connectivity index (χ0v) is 12.3. The first kappa shape index (κ1) is 14.2. The maximum absolute atomic E-state index is 13.7. The van der Waals surface area contributed by atoms with Gasteiger partial charge >= 0.3 is 0 Å². The average molecular weight is 325 g/mol. The van der Waals surface area contributed by atoms with Crippen LogP contribution in [0.3, 0.4) is 0 Å². The van der Waals surface area contributed by atoms with Gasteiger partial charge in [0, 0.05) is 11.4 Å².